The number of piperidine rings is 1. The van der Waals surface area contributed by atoms with Crippen molar-refractivity contribution in [1.82, 2.24) is 4.90 Å². The van der Waals surface area contributed by atoms with Crippen molar-refractivity contribution in [3.63, 3.8) is 0 Å². The summed E-state index contributed by atoms with van der Waals surface area (Å²) in [6, 6.07) is 10.8. The highest BCUT2D eigenvalue weighted by Gasteiger charge is 2.25. The Morgan fingerprint density at radius 3 is 2.80 bits per heavy atom. The molecule has 1 heterocycles. The summed E-state index contributed by atoms with van der Waals surface area (Å²) >= 11 is 0. The average Bonchev–Trinajstić information content (AvgIpc) is 2.26. The van der Waals surface area contributed by atoms with E-state index in [1.165, 1.54) is 5.56 Å². The molecule has 1 aromatic carbocycles. The molecule has 2 rings (SSSR count). The van der Waals surface area contributed by atoms with Gasteiger partial charge in [-0.1, -0.05) is 30.3 Å². The second kappa shape index (κ2) is 4.77. The SMILES string of the molecule is CC1C(O)CCCN1Cc1ccccc1. The van der Waals surface area contributed by atoms with Crippen LogP contribution in [0, 0.1) is 0 Å². The number of benzene rings is 1. The number of hydrogen-bond donors (Lipinski definition) is 1. The minimum absolute atomic E-state index is 0.150. The number of aliphatic hydroxyl groups is 1. The van der Waals surface area contributed by atoms with Crippen LogP contribution in [0.5, 0.6) is 0 Å². The van der Waals surface area contributed by atoms with Crippen LogP contribution in [0.15, 0.2) is 30.3 Å². The molecule has 15 heavy (non-hydrogen) atoms. The van der Waals surface area contributed by atoms with Crippen LogP contribution in [0.25, 0.3) is 0 Å². The third kappa shape index (κ3) is 2.58. The Balaban J connectivity index is 1.99. The summed E-state index contributed by atoms with van der Waals surface area (Å²) in [5, 5.41) is 9.78. The third-order valence-corrected chi connectivity index (χ3v) is 3.31. The first-order valence-electron chi connectivity index (χ1n) is 5.73. The van der Waals surface area contributed by atoms with Gasteiger partial charge in [0.1, 0.15) is 0 Å². The van der Waals surface area contributed by atoms with Crippen LogP contribution >= 0.6 is 0 Å². The van der Waals surface area contributed by atoms with Crippen molar-refractivity contribution in [2.75, 3.05) is 6.54 Å². The van der Waals surface area contributed by atoms with Crippen molar-refractivity contribution in [3.8, 4) is 0 Å². The standard InChI is InChI=1S/C13H19NO/c1-11-13(15)8-5-9-14(11)10-12-6-3-2-4-7-12/h2-4,6-7,11,13,15H,5,8-10H2,1H3. The van der Waals surface area contributed by atoms with Gasteiger partial charge in [0.2, 0.25) is 0 Å². The molecule has 0 aromatic heterocycles. The van der Waals surface area contributed by atoms with Crippen molar-refractivity contribution in [2.45, 2.75) is 38.5 Å². The number of aliphatic hydroxyl groups excluding tert-OH is 1. The Bertz CT molecular complexity index is 299. The first-order valence-corrected chi connectivity index (χ1v) is 5.73. The van der Waals surface area contributed by atoms with Gasteiger partial charge in [0.15, 0.2) is 0 Å². The first kappa shape index (κ1) is 10.7. The summed E-state index contributed by atoms with van der Waals surface area (Å²) in [6.07, 6.45) is 1.91. The van der Waals surface area contributed by atoms with Gasteiger partial charge in [-0.25, -0.2) is 0 Å². The fraction of sp³-hybridized carbons (Fsp3) is 0.538. The average molecular weight is 205 g/mol. The highest BCUT2D eigenvalue weighted by Crippen LogP contribution is 2.19. The summed E-state index contributed by atoms with van der Waals surface area (Å²) in [7, 11) is 0. The molecule has 0 amide bonds. The Morgan fingerprint density at radius 1 is 1.33 bits per heavy atom. The highest BCUT2D eigenvalue weighted by atomic mass is 16.3. The van der Waals surface area contributed by atoms with Crippen molar-refractivity contribution < 1.29 is 5.11 Å². The molecular formula is C13H19NO. The van der Waals surface area contributed by atoms with Crippen LogP contribution in [0.2, 0.25) is 0 Å². The number of nitrogens with zero attached hydrogens (tertiary/aromatic N) is 1. The zero-order valence-electron chi connectivity index (χ0n) is 9.26. The van der Waals surface area contributed by atoms with Gasteiger partial charge in [-0.3, -0.25) is 4.90 Å². The van der Waals surface area contributed by atoms with Gasteiger partial charge in [-0.15, -0.1) is 0 Å². The lowest BCUT2D eigenvalue weighted by Crippen LogP contribution is -2.45. The molecule has 0 radical (unpaired) electrons. The van der Waals surface area contributed by atoms with E-state index in [1.54, 1.807) is 0 Å². The molecule has 1 N–H and O–H groups in total. The van der Waals surface area contributed by atoms with E-state index in [0.717, 1.165) is 25.9 Å². The lowest BCUT2D eigenvalue weighted by molar-refractivity contribution is 0.0157. The largest absolute Gasteiger partial charge is 0.392 e. The van der Waals surface area contributed by atoms with Crippen molar-refractivity contribution in [2.24, 2.45) is 0 Å². The van der Waals surface area contributed by atoms with Gasteiger partial charge >= 0.3 is 0 Å². The van der Waals surface area contributed by atoms with E-state index in [9.17, 15) is 5.11 Å². The van der Waals surface area contributed by atoms with E-state index >= 15 is 0 Å². The van der Waals surface area contributed by atoms with E-state index in [0.29, 0.717) is 6.04 Å². The molecule has 1 aliphatic rings. The molecule has 0 aliphatic carbocycles. The predicted octanol–water partition coefficient (Wildman–Crippen LogP) is 2.03. The Morgan fingerprint density at radius 2 is 2.07 bits per heavy atom. The molecule has 0 spiro atoms. The van der Waals surface area contributed by atoms with Crippen LogP contribution in [0.1, 0.15) is 25.3 Å². The highest BCUT2D eigenvalue weighted by molar-refractivity contribution is 5.14. The monoisotopic (exact) mass is 205 g/mol. The number of rotatable bonds is 2. The van der Waals surface area contributed by atoms with Crippen molar-refractivity contribution in [3.05, 3.63) is 35.9 Å². The molecule has 2 heteroatoms. The molecular weight excluding hydrogens is 186 g/mol. The van der Waals surface area contributed by atoms with Gasteiger partial charge in [-0.05, 0) is 31.9 Å². The number of hydrogen-bond acceptors (Lipinski definition) is 2. The minimum Gasteiger partial charge on any atom is -0.392 e. The fourth-order valence-electron chi connectivity index (χ4n) is 2.23. The first-order chi connectivity index (χ1) is 7.27. The Labute approximate surface area is 91.5 Å². The van der Waals surface area contributed by atoms with Crippen molar-refractivity contribution >= 4 is 0 Å². The molecule has 0 bridgehead atoms. The van der Waals surface area contributed by atoms with Crippen LogP contribution < -0.4 is 0 Å². The lowest BCUT2D eigenvalue weighted by atomic mass is 9.99. The molecule has 1 saturated heterocycles. The van der Waals surface area contributed by atoms with Gasteiger partial charge in [0.25, 0.3) is 0 Å². The zero-order valence-corrected chi connectivity index (χ0v) is 9.26. The second-order valence-electron chi connectivity index (χ2n) is 4.41. The second-order valence-corrected chi connectivity index (χ2v) is 4.41. The van der Waals surface area contributed by atoms with Crippen LogP contribution in [-0.2, 0) is 6.54 Å². The normalized spacial score (nSPS) is 27.9. The Kier molecular flexibility index (Phi) is 3.39. The molecule has 2 unspecified atom stereocenters. The summed E-state index contributed by atoms with van der Waals surface area (Å²) in [5.41, 5.74) is 1.33. The predicted molar refractivity (Wildman–Crippen MR) is 61.6 cm³/mol. The van der Waals surface area contributed by atoms with Crippen LogP contribution in [0.3, 0.4) is 0 Å². The van der Waals surface area contributed by atoms with Gasteiger partial charge < -0.3 is 5.11 Å². The van der Waals surface area contributed by atoms with Crippen LogP contribution in [-0.4, -0.2) is 28.7 Å². The van der Waals surface area contributed by atoms with E-state index in [4.69, 9.17) is 0 Å². The topological polar surface area (TPSA) is 23.5 Å². The Hall–Kier alpha value is -0.860. The molecule has 2 atom stereocenters. The van der Waals surface area contributed by atoms with E-state index in [2.05, 4.69) is 36.1 Å². The molecule has 1 aromatic rings. The van der Waals surface area contributed by atoms with E-state index in [1.807, 2.05) is 6.07 Å². The maximum Gasteiger partial charge on any atom is 0.0693 e. The van der Waals surface area contributed by atoms with Crippen LogP contribution in [0.4, 0.5) is 0 Å². The molecule has 82 valence electrons. The van der Waals surface area contributed by atoms with Gasteiger partial charge in [0, 0.05) is 12.6 Å². The maximum absolute atomic E-state index is 9.78. The molecule has 0 saturated carbocycles. The van der Waals surface area contributed by atoms with Gasteiger partial charge in [-0.2, -0.15) is 0 Å². The summed E-state index contributed by atoms with van der Waals surface area (Å²) in [4.78, 5) is 2.36. The smallest absolute Gasteiger partial charge is 0.0693 e. The van der Waals surface area contributed by atoms with E-state index in [-0.39, 0.29) is 6.10 Å². The number of likely N-dealkylation sites (tertiary alicyclic amines) is 1. The van der Waals surface area contributed by atoms with Crippen molar-refractivity contribution in [1.29, 1.82) is 0 Å². The molecule has 1 fully saturated rings. The van der Waals surface area contributed by atoms with Gasteiger partial charge in [0.05, 0.1) is 6.10 Å². The maximum atomic E-state index is 9.78. The summed E-state index contributed by atoms with van der Waals surface area (Å²) in [5.74, 6) is 0. The quantitative estimate of drug-likeness (QED) is 0.798. The fourth-order valence-corrected chi connectivity index (χ4v) is 2.23. The summed E-state index contributed by atoms with van der Waals surface area (Å²) in [6.45, 7) is 4.18. The molecule has 1 aliphatic heterocycles. The summed E-state index contributed by atoms with van der Waals surface area (Å²) < 4.78 is 0. The lowest BCUT2D eigenvalue weighted by Gasteiger charge is -2.36. The molecule has 2 nitrogen and oxygen atoms in total. The zero-order chi connectivity index (χ0) is 10.7. The third-order valence-electron chi connectivity index (χ3n) is 3.31. The minimum atomic E-state index is -0.150. The van der Waals surface area contributed by atoms with E-state index < -0.39 is 0 Å².